The van der Waals surface area contributed by atoms with Crippen molar-refractivity contribution in [2.24, 2.45) is 11.8 Å². The van der Waals surface area contributed by atoms with Crippen molar-refractivity contribution in [1.82, 2.24) is 4.90 Å². The minimum absolute atomic E-state index is 0.0838. The summed E-state index contributed by atoms with van der Waals surface area (Å²) < 4.78 is 13.8. The van der Waals surface area contributed by atoms with Crippen LogP contribution in [-0.2, 0) is 0 Å². The van der Waals surface area contributed by atoms with E-state index in [0.717, 1.165) is 19.3 Å². The molecule has 1 aliphatic heterocycles. The maximum Gasteiger partial charge on any atom is 0.256 e. The predicted octanol–water partition coefficient (Wildman–Crippen LogP) is 4.38. The molecule has 2 rings (SSSR count). The second kappa shape index (κ2) is 6.57. The van der Waals surface area contributed by atoms with E-state index in [4.69, 9.17) is 11.6 Å². The van der Waals surface area contributed by atoms with Crippen molar-refractivity contribution in [3.63, 3.8) is 0 Å². The highest BCUT2D eigenvalue weighted by Crippen LogP contribution is 2.26. The molecule has 0 N–H and O–H groups in total. The van der Waals surface area contributed by atoms with Gasteiger partial charge < -0.3 is 4.90 Å². The van der Waals surface area contributed by atoms with E-state index < -0.39 is 5.82 Å². The summed E-state index contributed by atoms with van der Waals surface area (Å²) in [6.07, 6.45) is 3.11. The molecule has 20 heavy (non-hydrogen) atoms. The van der Waals surface area contributed by atoms with Gasteiger partial charge in [-0.1, -0.05) is 25.4 Å². The first kappa shape index (κ1) is 15.3. The first-order valence-electron chi connectivity index (χ1n) is 7.23. The molecular formula is C16H21ClFNO. The SMILES string of the molecule is CC(C)C1CCCN(C(=O)c2cc(Cl)ccc2F)CC1. The largest absolute Gasteiger partial charge is 0.339 e. The van der Waals surface area contributed by atoms with Crippen LogP contribution in [0.5, 0.6) is 0 Å². The number of carbonyl (C=O) groups is 1. The summed E-state index contributed by atoms with van der Waals surface area (Å²) in [5, 5.41) is 0.393. The number of benzene rings is 1. The Hall–Kier alpha value is -1.09. The summed E-state index contributed by atoms with van der Waals surface area (Å²) in [4.78, 5) is 14.2. The normalized spacial score (nSPS) is 20.1. The molecule has 110 valence electrons. The van der Waals surface area contributed by atoms with Gasteiger partial charge in [0.15, 0.2) is 0 Å². The molecule has 0 spiro atoms. The van der Waals surface area contributed by atoms with Gasteiger partial charge in [-0.2, -0.15) is 0 Å². The Kier molecular flexibility index (Phi) is 5.03. The minimum atomic E-state index is -0.496. The van der Waals surface area contributed by atoms with Gasteiger partial charge in [-0.15, -0.1) is 0 Å². The molecule has 1 heterocycles. The summed E-state index contributed by atoms with van der Waals surface area (Å²) in [5.74, 6) is 0.545. The Morgan fingerprint density at radius 3 is 2.80 bits per heavy atom. The molecule has 1 unspecified atom stereocenters. The topological polar surface area (TPSA) is 20.3 Å². The van der Waals surface area contributed by atoms with Gasteiger partial charge >= 0.3 is 0 Å². The molecule has 1 saturated heterocycles. The van der Waals surface area contributed by atoms with Crippen LogP contribution in [0.2, 0.25) is 5.02 Å². The molecule has 0 bridgehead atoms. The van der Waals surface area contributed by atoms with Crippen LogP contribution in [-0.4, -0.2) is 23.9 Å². The molecule has 4 heteroatoms. The van der Waals surface area contributed by atoms with Crippen LogP contribution in [0.25, 0.3) is 0 Å². The Labute approximate surface area is 124 Å². The molecule has 1 atom stereocenters. The van der Waals surface area contributed by atoms with Crippen molar-refractivity contribution in [1.29, 1.82) is 0 Å². The number of nitrogens with zero attached hydrogens (tertiary/aromatic N) is 1. The third kappa shape index (κ3) is 3.51. The van der Waals surface area contributed by atoms with E-state index in [1.165, 1.54) is 18.2 Å². The van der Waals surface area contributed by atoms with Crippen molar-refractivity contribution in [3.8, 4) is 0 Å². The zero-order valence-electron chi connectivity index (χ0n) is 12.0. The first-order valence-corrected chi connectivity index (χ1v) is 7.61. The molecule has 0 radical (unpaired) electrons. The van der Waals surface area contributed by atoms with Gasteiger partial charge in [-0.3, -0.25) is 4.79 Å². The van der Waals surface area contributed by atoms with Gasteiger partial charge in [-0.05, 0) is 49.3 Å². The summed E-state index contributed by atoms with van der Waals surface area (Å²) in [7, 11) is 0. The van der Waals surface area contributed by atoms with E-state index in [1.54, 1.807) is 4.90 Å². The molecule has 1 amide bonds. The average molecular weight is 298 g/mol. The smallest absolute Gasteiger partial charge is 0.256 e. The quantitative estimate of drug-likeness (QED) is 0.793. The van der Waals surface area contributed by atoms with Crippen LogP contribution < -0.4 is 0 Å². The van der Waals surface area contributed by atoms with E-state index >= 15 is 0 Å². The number of amides is 1. The van der Waals surface area contributed by atoms with Gasteiger partial charge in [0, 0.05) is 18.1 Å². The molecule has 1 aliphatic rings. The molecule has 0 aromatic heterocycles. The third-order valence-electron chi connectivity index (χ3n) is 4.16. The van der Waals surface area contributed by atoms with Crippen molar-refractivity contribution in [2.45, 2.75) is 33.1 Å². The van der Waals surface area contributed by atoms with Crippen LogP contribution >= 0.6 is 11.6 Å². The second-order valence-electron chi connectivity index (χ2n) is 5.85. The molecule has 0 saturated carbocycles. The zero-order chi connectivity index (χ0) is 14.7. The van der Waals surface area contributed by atoms with E-state index in [1.807, 2.05) is 0 Å². The van der Waals surface area contributed by atoms with Crippen molar-refractivity contribution in [2.75, 3.05) is 13.1 Å². The van der Waals surface area contributed by atoms with Crippen molar-refractivity contribution in [3.05, 3.63) is 34.6 Å². The summed E-state index contributed by atoms with van der Waals surface area (Å²) in [6, 6.07) is 4.14. The standard InChI is InChI=1S/C16H21ClFNO/c1-11(2)12-4-3-8-19(9-7-12)16(20)14-10-13(17)5-6-15(14)18/h5-6,10-12H,3-4,7-9H2,1-2H3. The van der Waals surface area contributed by atoms with Gasteiger partial charge in [-0.25, -0.2) is 4.39 Å². The highest BCUT2D eigenvalue weighted by atomic mass is 35.5. The van der Waals surface area contributed by atoms with Gasteiger partial charge in [0.1, 0.15) is 5.82 Å². The Bertz CT molecular complexity index is 489. The third-order valence-corrected chi connectivity index (χ3v) is 4.40. The minimum Gasteiger partial charge on any atom is -0.339 e. The lowest BCUT2D eigenvalue weighted by molar-refractivity contribution is 0.0754. The molecule has 1 fully saturated rings. The maximum absolute atomic E-state index is 13.8. The molecule has 0 aliphatic carbocycles. The van der Waals surface area contributed by atoms with Crippen LogP contribution in [0.1, 0.15) is 43.5 Å². The molecular weight excluding hydrogens is 277 g/mol. The number of carbonyl (C=O) groups excluding carboxylic acids is 1. The summed E-state index contributed by atoms with van der Waals surface area (Å²) in [5.41, 5.74) is 0.0838. The predicted molar refractivity (Wildman–Crippen MR) is 79.5 cm³/mol. The van der Waals surface area contributed by atoms with Gasteiger partial charge in [0.2, 0.25) is 0 Å². The highest BCUT2D eigenvalue weighted by molar-refractivity contribution is 6.31. The highest BCUT2D eigenvalue weighted by Gasteiger charge is 2.24. The Morgan fingerprint density at radius 1 is 1.35 bits per heavy atom. The first-order chi connectivity index (χ1) is 9.49. The van der Waals surface area contributed by atoms with E-state index in [0.29, 0.717) is 29.9 Å². The Morgan fingerprint density at radius 2 is 2.10 bits per heavy atom. The fourth-order valence-corrected chi connectivity index (χ4v) is 3.00. The number of hydrogen-bond acceptors (Lipinski definition) is 1. The zero-order valence-corrected chi connectivity index (χ0v) is 12.8. The summed E-state index contributed by atoms with van der Waals surface area (Å²) in [6.45, 7) is 5.85. The lowest BCUT2D eigenvalue weighted by Crippen LogP contribution is -2.32. The molecule has 1 aromatic carbocycles. The van der Waals surface area contributed by atoms with Crippen LogP contribution in [0, 0.1) is 17.7 Å². The fraction of sp³-hybridized carbons (Fsp3) is 0.562. The van der Waals surface area contributed by atoms with Crippen LogP contribution in [0.3, 0.4) is 0 Å². The molecule has 2 nitrogen and oxygen atoms in total. The lowest BCUT2D eigenvalue weighted by Gasteiger charge is -2.22. The van der Waals surface area contributed by atoms with Gasteiger partial charge in [0.25, 0.3) is 5.91 Å². The number of hydrogen-bond donors (Lipinski definition) is 0. The van der Waals surface area contributed by atoms with Crippen LogP contribution in [0.15, 0.2) is 18.2 Å². The van der Waals surface area contributed by atoms with Gasteiger partial charge in [0.05, 0.1) is 5.56 Å². The average Bonchev–Trinajstić information content (AvgIpc) is 2.66. The van der Waals surface area contributed by atoms with E-state index in [-0.39, 0.29) is 11.5 Å². The maximum atomic E-state index is 13.8. The number of likely N-dealkylation sites (tertiary alicyclic amines) is 1. The van der Waals surface area contributed by atoms with Crippen LogP contribution in [0.4, 0.5) is 4.39 Å². The fourth-order valence-electron chi connectivity index (χ4n) is 2.82. The second-order valence-corrected chi connectivity index (χ2v) is 6.29. The Balaban J connectivity index is 2.11. The lowest BCUT2D eigenvalue weighted by atomic mass is 9.89. The monoisotopic (exact) mass is 297 g/mol. The number of rotatable bonds is 2. The number of halogens is 2. The van der Waals surface area contributed by atoms with E-state index in [9.17, 15) is 9.18 Å². The van der Waals surface area contributed by atoms with E-state index in [2.05, 4.69) is 13.8 Å². The van der Waals surface area contributed by atoms with Crippen molar-refractivity contribution >= 4 is 17.5 Å². The molecule has 1 aromatic rings. The van der Waals surface area contributed by atoms with Crippen molar-refractivity contribution < 1.29 is 9.18 Å². The summed E-state index contributed by atoms with van der Waals surface area (Å²) >= 11 is 5.86.